The lowest BCUT2D eigenvalue weighted by Gasteiger charge is -2.39. The Labute approximate surface area is 150 Å². The summed E-state index contributed by atoms with van der Waals surface area (Å²) in [6.07, 6.45) is 5.19. The molecule has 4 nitrogen and oxygen atoms in total. The largest absolute Gasteiger partial charge is 0.392 e. The summed E-state index contributed by atoms with van der Waals surface area (Å²) >= 11 is 0. The van der Waals surface area contributed by atoms with Gasteiger partial charge >= 0.3 is 0 Å². The van der Waals surface area contributed by atoms with Crippen LogP contribution in [-0.2, 0) is 5.41 Å². The van der Waals surface area contributed by atoms with Gasteiger partial charge in [-0.1, -0.05) is 24.3 Å². The maximum atomic E-state index is 10.8. The van der Waals surface area contributed by atoms with Crippen molar-refractivity contribution in [2.24, 2.45) is 0 Å². The number of nitrogens with zero attached hydrogens (tertiary/aromatic N) is 2. The van der Waals surface area contributed by atoms with Crippen molar-refractivity contribution in [3.05, 3.63) is 42.1 Å². The molecule has 0 amide bonds. The second-order valence-corrected chi connectivity index (χ2v) is 7.79. The molecule has 134 valence electrons. The third-order valence-electron chi connectivity index (χ3n) is 6.00. The Morgan fingerprint density at radius 3 is 2.64 bits per heavy atom. The molecule has 0 aliphatic carbocycles. The number of β-amino-alcohol motifs (C(OH)–C–C–N with tert-alkyl or cyclic N) is 1. The van der Waals surface area contributed by atoms with E-state index in [1.54, 1.807) is 0 Å². The molecule has 4 rings (SSSR count). The first-order valence-electron chi connectivity index (χ1n) is 9.73. The minimum atomic E-state index is -0.274. The van der Waals surface area contributed by atoms with E-state index >= 15 is 0 Å². The van der Waals surface area contributed by atoms with Crippen molar-refractivity contribution >= 4 is 10.9 Å². The van der Waals surface area contributed by atoms with Crippen LogP contribution in [-0.4, -0.2) is 53.8 Å². The van der Waals surface area contributed by atoms with Crippen LogP contribution in [0.3, 0.4) is 0 Å². The third-order valence-corrected chi connectivity index (χ3v) is 6.00. The number of aliphatic hydroxyl groups is 1. The molecule has 2 aliphatic rings. The molecular weight excluding hydrogens is 310 g/mol. The number of rotatable bonds is 5. The van der Waals surface area contributed by atoms with Crippen molar-refractivity contribution in [3.63, 3.8) is 0 Å². The molecule has 0 spiro atoms. The second-order valence-electron chi connectivity index (χ2n) is 7.79. The van der Waals surface area contributed by atoms with Crippen LogP contribution in [0.25, 0.3) is 10.9 Å². The molecule has 3 heterocycles. The monoisotopic (exact) mass is 339 g/mol. The summed E-state index contributed by atoms with van der Waals surface area (Å²) in [5.74, 6) is 0. The van der Waals surface area contributed by atoms with Crippen LogP contribution in [0.2, 0.25) is 0 Å². The highest BCUT2D eigenvalue weighted by atomic mass is 16.3. The first-order chi connectivity index (χ1) is 12.3. The minimum absolute atomic E-state index is 0.00553. The second kappa shape index (κ2) is 7.40. The fraction of sp³-hybridized carbons (Fsp3) is 0.571. The van der Waals surface area contributed by atoms with E-state index in [0.29, 0.717) is 0 Å². The lowest BCUT2D eigenvalue weighted by atomic mass is 9.71. The number of nitrogens with one attached hydrogen (secondary N) is 1. The number of piperidine rings is 1. The molecule has 0 bridgehead atoms. The molecule has 2 fully saturated rings. The number of para-hydroxylation sites is 1. The number of hydrogen-bond donors (Lipinski definition) is 2. The Hall–Kier alpha value is -1.49. The van der Waals surface area contributed by atoms with Crippen LogP contribution < -0.4 is 5.32 Å². The van der Waals surface area contributed by atoms with Crippen molar-refractivity contribution in [2.75, 3.05) is 32.7 Å². The predicted octanol–water partition coefficient (Wildman–Crippen LogP) is 2.70. The molecule has 2 aliphatic heterocycles. The predicted molar refractivity (Wildman–Crippen MR) is 102 cm³/mol. The van der Waals surface area contributed by atoms with Crippen LogP contribution in [0.4, 0.5) is 0 Å². The van der Waals surface area contributed by atoms with Gasteiger partial charge in [0.15, 0.2) is 0 Å². The summed E-state index contributed by atoms with van der Waals surface area (Å²) in [6, 6.07) is 12.7. The van der Waals surface area contributed by atoms with E-state index < -0.39 is 0 Å². The first kappa shape index (κ1) is 17.0. The number of likely N-dealkylation sites (tertiary alicyclic amines) is 1. The molecule has 0 radical (unpaired) electrons. The minimum Gasteiger partial charge on any atom is -0.392 e. The molecule has 1 aromatic carbocycles. The fourth-order valence-corrected chi connectivity index (χ4v) is 4.61. The van der Waals surface area contributed by atoms with Gasteiger partial charge in [-0.05, 0) is 70.4 Å². The van der Waals surface area contributed by atoms with Gasteiger partial charge in [-0.15, -0.1) is 0 Å². The van der Waals surface area contributed by atoms with Gasteiger partial charge < -0.3 is 15.3 Å². The van der Waals surface area contributed by atoms with Gasteiger partial charge in [-0.3, -0.25) is 4.98 Å². The number of benzene rings is 1. The van der Waals surface area contributed by atoms with E-state index in [4.69, 9.17) is 4.98 Å². The van der Waals surface area contributed by atoms with Gasteiger partial charge in [0, 0.05) is 23.0 Å². The van der Waals surface area contributed by atoms with Gasteiger partial charge in [0.25, 0.3) is 0 Å². The molecule has 1 aromatic heterocycles. The highest BCUT2D eigenvalue weighted by molar-refractivity contribution is 5.78. The van der Waals surface area contributed by atoms with E-state index in [1.807, 2.05) is 0 Å². The zero-order chi connectivity index (χ0) is 17.1. The molecule has 2 N–H and O–H groups in total. The van der Waals surface area contributed by atoms with Crippen LogP contribution >= 0.6 is 0 Å². The normalized spacial score (nSPS) is 22.3. The SMILES string of the molecule is OC(CN1CCCC1)CC1(c2ccc3ccccc3n2)CCNCC1. The highest BCUT2D eigenvalue weighted by Crippen LogP contribution is 2.38. The molecule has 2 saturated heterocycles. The van der Waals surface area contributed by atoms with Gasteiger partial charge in [0.2, 0.25) is 0 Å². The smallest absolute Gasteiger partial charge is 0.0705 e. The average Bonchev–Trinajstić information content (AvgIpc) is 3.15. The number of aromatic nitrogens is 1. The Morgan fingerprint density at radius 2 is 1.84 bits per heavy atom. The van der Waals surface area contributed by atoms with Crippen molar-refractivity contribution in [1.29, 1.82) is 0 Å². The number of aliphatic hydroxyl groups excluding tert-OH is 1. The standard InChI is InChI=1S/C21H29N3O/c25-18(16-24-13-3-4-14-24)15-21(9-11-22-12-10-21)20-8-7-17-5-1-2-6-19(17)23-20/h1-2,5-8,18,22,25H,3-4,9-16H2. The first-order valence-corrected chi connectivity index (χ1v) is 9.73. The zero-order valence-corrected chi connectivity index (χ0v) is 15.0. The maximum absolute atomic E-state index is 10.8. The van der Waals surface area contributed by atoms with Crippen molar-refractivity contribution in [2.45, 2.75) is 43.6 Å². The lowest BCUT2D eigenvalue weighted by Crippen LogP contribution is -2.44. The Bertz CT molecular complexity index is 705. The van der Waals surface area contributed by atoms with Crippen LogP contribution in [0.5, 0.6) is 0 Å². The topological polar surface area (TPSA) is 48.4 Å². The molecule has 25 heavy (non-hydrogen) atoms. The van der Waals surface area contributed by atoms with Crippen molar-refractivity contribution in [3.8, 4) is 0 Å². The lowest BCUT2D eigenvalue weighted by molar-refractivity contribution is 0.0812. The molecule has 0 saturated carbocycles. The summed E-state index contributed by atoms with van der Waals surface area (Å²) in [4.78, 5) is 7.41. The molecule has 2 aromatic rings. The van der Waals surface area contributed by atoms with E-state index in [9.17, 15) is 5.11 Å². The number of fused-ring (bicyclic) bond motifs is 1. The van der Waals surface area contributed by atoms with Crippen molar-refractivity contribution < 1.29 is 5.11 Å². The zero-order valence-electron chi connectivity index (χ0n) is 15.0. The summed E-state index contributed by atoms with van der Waals surface area (Å²) in [6.45, 7) is 5.10. The number of hydrogen-bond acceptors (Lipinski definition) is 4. The van der Waals surface area contributed by atoms with Crippen LogP contribution in [0.15, 0.2) is 36.4 Å². The van der Waals surface area contributed by atoms with Gasteiger partial charge in [0.1, 0.15) is 0 Å². The molecular formula is C21H29N3O. The highest BCUT2D eigenvalue weighted by Gasteiger charge is 2.37. The van der Waals surface area contributed by atoms with E-state index in [0.717, 1.165) is 63.2 Å². The summed E-state index contributed by atoms with van der Waals surface area (Å²) in [7, 11) is 0. The number of pyridine rings is 1. The van der Waals surface area contributed by atoms with E-state index in [2.05, 4.69) is 46.6 Å². The summed E-state index contributed by atoms with van der Waals surface area (Å²) < 4.78 is 0. The van der Waals surface area contributed by atoms with E-state index in [-0.39, 0.29) is 11.5 Å². The molecule has 4 heteroatoms. The molecule has 1 unspecified atom stereocenters. The van der Waals surface area contributed by atoms with Gasteiger partial charge in [0.05, 0.1) is 11.6 Å². The van der Waals surface area contributed by atoms with Gasteiger partial charge in [-0.2, -0.15) is 0 Å². The fourth-order valence-electron chi connectivity index (χ4n) is 4.61. The Balaban J connectivity index is 1.58. The van der Waals surface area contributed by atoms with Gasteiger partial charge in [-0.25, -0.2) is 0 Å². The Kier molecular flexibility index (Phi) is 5.02. The van der Waals surface area contributed by atoms with Crippen LogP contribution in [0.1, 0.15) is 37.8 Å². The Morgan fingerprint density at radius 1 is 1.08 bits per heavy atom. The average molecular weight is 339 g/mol. The van der Waals surface area contributed by atoms with Crippen molar-refractivity contribution in [1.82, 2.24) is 15.2 Å². The molecule has 1 atom stereocenters. The maximum Gasteiger partial charge on any atom is 0.0705 e. The van der Waals surface area contributed by atoms with Crippen LogP contribution in [0, 0.1) is 0 Å². The summed E-state index contributed by atoms with van der Waals surface area (Å²) in [5.41, 5.74) is 2.22. The quantitative estimate of drug-likeness (QED) is 0.879. The third kappa shape index (κ3) is 3.71. The summed E-state index contributed by atoms with van der Waals surface area (Å²) in [5, 5.41) is 15.5. The van der Waals surface area contributed by atoms with E-state index in [1.165, 1.54) is 18.2 Å².